The molecule has 4 N–H and O–H groups in total. The van der Waals surface area contributed by atoms with Crippen molar-refractivity contribution in [3.8, 4) is 0 Å². The lowest BCUT2D eigenvalue weighted by Gasteiger charge is -2.40. The summed E-state index contributed by atoms with van der Waals surface area (Å²) < 4.78 is 15.5. The zero-order valence-corrected chi connectivity index (χ0v) is 21.7. The van der Waals surface area contributed by atoms with Gasteiger partial charge in [0, 0.05) is 17.0 Å². The van der Waals surface area contributed by atoms with Gasteiger partial charge in [0.2, 0.25) is 0 Å². The highest BCUT2D eigenvalue weighted by Crippen LogP contribution is 2.62. The largest absolute Gasteiger partial charge is 0.383 e. The second-order valence-electron chi connectivity index (χ2n) is 11.1. The van der Waals surface area contributed by atoms with Crippen molar-refractivity contribution >= 4 is 45.2 Å². The molecule has 0 bridgehead atoms. The zero-order chi connectivity index (χ0) is 25.5. The van der Waals surface area contributed by atoms with Crippen LogP contribution in [0.15, 0.2) is 42.9 Å². The molecule has 6 rings (SSSR count). The van der Waals surface area contributed by atoms with Crippen LogP contribution in [-0.4, -0.2) is 37.0 Å². The molecular weight excluding hydrogens is 476 g/mol. The van der Waals surface area contributed by atoms with Gasteiger partial charge < -0.3 is 25.5 Å². The van der Waals surface area contributed by atoms with Gasteiger partial charge in [0.05, 0.1) is 22.0 Å². The van der Waals surface area contributed by atoms with Crippen LogP contribution in [0, 0.1) is 5.41 Å². The van der Waals surface area contributed by atoms with Crippen LogP contribution in [-0.2, 0) is 15.9 Å². The Morgan fingerprint density at radius 3 is 2.69 bits per heavy atom. The summed E-state index contributed by atoms with van der Waals surface area (Å²) in [4.78, 5) is 13.2. The third-order valence-corrected chi connectivity index (χ3v) is 8.65. The Balaban J connectivity index is 1.34. The number of anilines is 2. The molecule has 8 nitrogen and oxygen atoms in total. The summed E-state index contributed by atoms with van der Waals surface area (Å²) in [5.41, 5.74) is 14.3. The molecule has 0 amide bonds. The number of ether oxygens (including phenoxy) is 2. The Bertz CT molecular complexity index is 1500. The lowest BCUT2D eigenvalue weighted by molar-refractivity contribution is -0.190. The zero-order valence-electron chi connectivity index (χ0n) is 21.0. The lowest BCUT2D eigenvalue weighted by Crippen LogP contribution is -2.46. The normalized spacial score (nSPS) is 29.2. The van der Waals surface area contributed by atoms with Gasteiger partial charge in [-0.25, -0.2) is 15.0 Å². The van der Waals surface area contributed by atoms with Gasteiger partial charge in [0.25, 0.3) is 0 Å². The molecule has 1 aliphatic carbocycles. The molecule has 2 fully saturated rings. The number of aryl methyl sites for hydroxylation is 1. The highest BCUT2D eigenvalue weighted by atomic mass is 35.5. The van der Waals surface area contributed by atoms with E-state index in [0.717, 1.165) is 41.2 Å². The number of nitrogens with zero attached hydrogens (tertiary/aromatic N) is 4. The van der Waals surface area contributed by atoms with Crippen molar-refractivity contribution in [3.63, 3.8) is 0 Å². The van der Waals surface area contributed by atoms with Crippen LogP contribution < -0.4 is 11.5 Å². The average molecular weight is 507 g/mol. The van der Waals surface area contributed by atoms with E-state index in [4.69, 9.17) is 32.5 Å². The minimum Gasteiger partial charge on any atom is -0.383 e. The van der Waals surface area contributed by atoms with Gasteiger partial charge in [-0.3, -0.25) is 0 Å². The van der Waals surface area contributed by atoms with Crippen LogP contribution in [0.1, 0.15) is 52.1 Å². The second kappa shape index (κ2) is 7.78. The molecule has 0 radical (unpaired) electrons. The van der Waals surface area contributed by atoms with Crippen LogP contribution in [0.3, 0.4) is 0 Å². The van der Waals surface area contributed by atoms with Gasteiger partial charge in [-0.05, 0) is 63.8 Å². The van der Waals surface area contributed by atoms with Crippen molar-refractivity contribution in [2.45, 2.75) is 70.5 Å². The van der Waals surface area contributed by atoms with E-state index in [1.807, 2.05) is 32.2 Å². The Hall–Kier alpha value is -2.94. The number of nitrogens with two attached hydrogens (primary N) is 2. The lowest BCUT2D eigenvalue weighted by atomic mass is 9.72. The molecule has 1 aliphatic heterocycles. The summed E-state index contributed by atoms with van der Waals surface area (Å²) >= 11 is 6.15. The number of halogens is 1. The van der Waals surface area contributed by atoms with Gasteiger partial charge in [-0.2, -0.15) is 0 Å². The second-order valence-corrected chi connectivity index (χ2v) is 11.5. The SMILES string of the molecule is CC1(C)O[C@H]2[C@H](n3ccc4c(N)ncnc43)C[C@](C)(CCc3ccc4cc(Cl)c(N)nc4c3)[C@@]2(C)O1. The molecule has 3 aromatic heterocycles. The monoisotopic (exact) mass is 506 g/mol. The number of hydrogen-bond acceptors (Lipinski definition) is 7. The maximum Gasteiger partial charge on any atom is 0.164 e. The van der Waals surface area contributed by atoms with E-state index in [0.29, 0.717) is 16.7 Å². The molecule has 9 heteroatoms. The molecule has 2 aliphatic rings. The van der Waals surface area contributed by atoms with Gasteiger partial charge >= 0.3 is 0 Å². The summed E-state index contributed by atoms with van der Waals surface area (Å²) in [7, 11) is 0. The Labute approximate surface area is 215 Å². The predicted octanol–water partition coefficient (Wildman–Crippen LogP) is 5.29. The van der Waals surface area contributed by atoms with Crippen LogP contribution in [0.4, 0.5) is 11.6 Å². The van der Waals surface area contributed by atoms with Crippen LogP contribution in [0.25, 0.3) is 21.9 Å². The molecular formula is C27H31ClN6O2. The van der Waals surface area contributed by atoms with Crippen LogP contribution >= 0.6 is 11.6 Å². The molecule has 1 saturated heterocycles. The first-order valence-electron chi connectivity index (χ1n) is 12.3. The fourth-order valence-electron chi connectivity index (χ4n) is 6.32. The van der Waals surface area contributed by atoms with E-state index < -0.39 is 11.4 Å². The molecule has 4 heterocycles. The molecule has 4 aromatic rings. The summed E-state index contributed by atoms with van der Waals surface area (Å²) in [6.07, 6.45) is 6.10. The fourth-order valence-corrected chi connectivity index (χ4v) is 6.48. The van der Waals surface area contributed by atoms with E-state index >= 15 is 0 Å². The quantitative estimate of drug-likeness (QED) is 0.386. The maximum atomic E-state index is 6.69. The molecule has 0 unspecified atom stereocenters. The van der Waals surface area contributed by atoms with Crippen molar-refractivity contribution in [3.05, 3.63) is 53.4 Å². The number of benzene rings is 1. The molecule has 0 spiro atoms. The standard InChI is InChI=1S/C27H31ClN6O2/c1-25(2)35-21-20(34-10-8-17-22(29)31-14-32-24(17)34)13-26(3,27(21,4)36-25)9-7-15-5-6-16-12-18(28)23(30)33-19(16)11-15/h5-6,8,10-12,14,20-21H,7,9,13H2,1-4H3,(H2,30,33)(H2,29,31,32)/t20-,21+,26+,27+/m1/s1. The van der Waals surface area contributed by atoms with Crippen LogP contribution in [0.2, 0.25) is 5.02 Å². The van der Waals surface area contributed by atoms with E-state index in [1.165, 1.54) is 11.9 Å². The van der Waals surface area contributed by atoms with Gasteiger partial charge in [-0.15, -0.1) is 0 Å². The Morgan fingerprint density at radius 2 is 1.89 bits per heavy atom. The minimum absolute atomic E-state index is 0.0498. The molecule has 1 saturated carbocycles. The van der Waals surface area contributed by atoms with Gasteiger partial charge in [-0.1, -0.05) is 30.7 Å². The van der Waals surface area contributed by atoms with Crippen LogP contribution in [0.5, 0.6) is 0 Å². The van der Waals surface area contributed by atoms with Crippen molar-refractivity contribution < 1.29 is 9.47 Å². The third kappa shape index (κ3) is 3.46. The number of aromatic nitrogens is 4. The van der Waals surface area contributed by atoms with Crippen molar-refractivity contribution in [1.29, 1.82) is 0 Å². The highest BCUT2D eigenvalue weighted by Gasteiger charge is 2.67. The molecule has 36 heavy (non-hydrogen) atoms. The maximum absolute atomic E-state index is 6.69. The van der Waals surface area contributed by atoms with Gasteiger partial charge in [0.15, 0.2) is 5.79 Å². The number of rotatable bonds is 4. The first-order valence-corrected chi connectivity index (χ1v) is 12.7. The predicted molar refractivity (Wildman–Crippen MR) is 142 cm³/mol. The summed E-state index contributed by atoms with van der Waals surface area (Å²) in [5, 5.41) is 2.31. The van der Waals surface area contributed by atoms with Crippen molar-refractivity contribution in [2.24, 2.45) is 5.41 Å². The number of fused-ring (bicyclic) bond motifs is 3. The van der Waals surface area contributed by atoms with Gasteiger partial charge in [0.1, 0.15) is 35.3 Å². The van der Waals surface area contributed by atoms with E-state index in [9.17, 15) is 0 Å². The minimum atomic E-state index is -0.681. The summed E-state index contributed by atoms with van der Waals surface area (Å²) in [6, 6.07) is 10.2. The Kier molecular flexibility index (Phi) is 5.07. The first kappa shape index (κ1) is 23.5. The van der Waals surface area contributed by atoms with E-state index in [1.54, 1.807) is 0 Å². The molecule has 1 aromatic carbocycles. The number of pyridine rings is 1. The third-order valence-electron chi connectivity index (χ3n) is 8.34. The van der Waals surface area contributed by atoms with Crippen molar-refractivity contribution in [1.82, 2.24) is 19.5 Å². The average Bonchev–Trinajstić information content (AvgIpc) is 3.41. The number of nitrogen functional groups attached to an aromatic ring is 2. The molecule has 188 valence electrons. The smallest absolute Gasteiger partial charge is 0.164 e. The summed E-state index contributed by atoms with van der Waals surface area (Å²) in [5.74, 6) is 0.155. The Morgan fingerprint density at radius 1 is 1.08 bits per heavy atom. The van der Waals surface area contributed by atoms with Crippen molar-refractivity contribution in [2.75, 3.05) is 11.5 Å². The highest BCUT2D eigenvalue weighted by molar-refractivity contribution is 6.33. The van der Waals surface area contributed by atoms with E-state index in [-0.39, 0.29) is 17.6 Å². The molecule has 4 atom stereocenters. The summed E-state index contributed by atoms with van der Waals surface area (Å²) in [6.45, 7) is 8.50. The first-order chi connectivity index (χ1) is 17.0. The fraction of sp³-hybridized carbons (Fsp3) is 0.444. The van der Waals surface area contributed by atoms with E-state index in [2.05, 4.69) is 51.6 Å². The number of hydrogen-bond donors (Lipinski definition) is 2. The topological polar surface area (TPSA) is 114 Å².